The molecule has 0 radical (unpaired) electrons. The number of thioether (sulfide) groups is 1. The summed E-state index contributed by atoms with van der Waals surface area (Å²) < 4.78 is 11.1. The number of ether oxygens (including phenoxy) is 2. The molecule has 0 atom stereocenters. The van der Waals surface area contributed by atoms with Crippen molar-refractivity contribution in [2.45, 2.75) is 13.8 Å². The van der Waals surface area contributed by atoms with Crippen molar-refractivity contribution in [3.05, 3.63) is 59.0 Å². The zero-order valence-electron chi connectivity index (χ0n) is 19.9. The van der Waals surface area contributed by atoms with Gasteiger partial charge in [-0.05, 0) is 53.6 Å². The maximum Gasteiger partial charge on any atom is 0.294 e. The van der Waals surface area contributed by atoms with E-state index in [1.807, 2.05) is 48.5 Å². The topological polar surface area (TPSA) is 88.2 Å². The molecule has 2 aliphatic rings. The van der Waals surface area contributed by atoms with Crippen molar-refractivity contribution in [2.75, 3.05) is 49.7 Å². The fourth-order valence-corrected chi connectivity index (χ4v) is 4.54. The Morgan fingerprint density at radius 2 is 1.83 bits per heavy atom. The average Bonchev–Trinajstić information content (AvgIpc) is 3.11. The number of hydrogen-bond acceptors (Lipinski definition) is 7. The molecule has 0 spiro atoms. The van der Waals surface area contributed by atoms with Crippen molar-refractivity contribution in [1.29, 1.82) is 0 Å². The summed E-state index contributed by atoms with van der Waals surface area (Å²) in [6.07, 6.45) is 1.66. The first-order valence-electron chi connectivity index (χ1n) is 11.6. The van der Waals surface area contributed by atoms with Crippen LogP contribution in [0.2, 0.25) is 0 Å². The van der Waals surface area contributed by atoms with Crippen LogP contribution in [0.3, 0.4) is 0 Å². The van der Waals surface area contributed by atoms with Gasteiger partial charge >= 0.3 is 0 Å². The van der Waals surface area contributed by atoms with Crippen LogP contribution >= 0.6 is 11.8 Å². The third-order valence-electron chi connectivity index (χ3n) is 5.47. The molecule has 2 aromatic rings. The predicted molar refractivity (Wildman–Crippen MR) is 138 cm³/mol. The van der Waals surface area contributed by atoms with Gasteiger partial charge in [-0.15, -0.1) is 0 Å². The van der Waals surface area contributed by atoms with E-state index in [-0.39, 0.29) is 11.4 Å². The van der Waals surface area contributed by atoms with Crippen LogP contribution in [-0.4, -0.2) is 61.4 Å². The van der Waals surface area contributed by atoms with Gasteiger partial charge in [-0.3, -0.25) is 19.3 Å². The second-order valence-electron chi connectivity index (χ2n) is 8.71. The van der Waals surface area contributed by atoms with Crippen LogP contribution in [0.5, 0.6) is 5.75 Å². The molecule has 0 aromatic heterocycles. The SMILES string of the molecule is CC(C)COc1ccc(/C=C2\SC(=O)N(CC(=O)Nc3ccccc3N3CCOCC3)C2=O)cc1. The number of anilines is 2. The predicted octanol–water partition coefficient (Wildman–Crippen LogP) is 4.23. The van der Waals surface area contributed by atoms with Gasteiger partial charge in [0.25, 0.3) is 11.1 Å². The van der Waals surface area contributed by atoms with E-state index >= 15 is 0 Å². The number of carbonyl (C=O) groups is 3. The highest BCUT2D eigenvalue weighted by Crippen LogP contribution is 2.33. The summed E-state index contributed by atoms with van der Waals surface area (Å²) in [7, 11) is 0. The van der Waals surface area contributed by atoms with Crippen LogP contribution in [0.1, 0.15) is 19.4 Å². The Hall–Kier alpha value is -3.30. The molecule has 2 aliphatic heterocycles. The molecule has 4 rings (SSSR count). The number of morpholine rings is 1. The maximum absolute atomic E-state index is 12.9. The lowest BCUT2D eigenvalue weighted by Crippen LogP contribution is -2.38. The molecule has 0 saturated carbocycles. The average molecular weight is 496 g/mol. The van der Waals surface area contributed by atoms with Crippen molar-refractivity contribution in [3.8, 4) is 5.75 Å². The molecule has 2 heterocycles. The quantitative estimate of drug-likeness (QED) is 0.548. The molecule has 0 aliphatic carbocycles. The molecular weight excluding hydrogens is 466 g/mol. The van der Waals surface area contributed by atoms with Gasteiger partial charge < -0.3 is 19.7 Å². The second kappa shape index (κ2) is 11.4. The monoisotopic (exact) mass is 495 g/mol. The minimum Gasteiger partial charge on any atom is -0.493 e. The summed E-state index contributed by atoms with van der Waals surface area (Å²) in [5.74, 6) is 0.266. The highest BCUT2D eigenvalue weighted by atomic mass is 32.2. The van der Waals surface area contributed by atoms with E-state index in [0.29, 0.717) is 31.4 Å². The Labute approximate surface area is 209 Å². The minimum absolute atomic E-state index is 0.285. The van der Waals surface area contributed by atoms with E-state index in [2.05, 4.69) is 24.1 Å². The highest BCUT2D eigenvalue weighted by Gasteiger charge is 2.36. The lowest BCUT2D eigenvalue weighted by atomic mass is 10.2. The number of imide groups is 1. The standard InChI is InChI=1S/C26H29N3O5S/c1-18(2)17-34-20-9-7-19(8-10-20)15-23-25(31)29(26(32)35-23)16-24(30)27-21-5-3-4-6-22(21)28-11-13-33-14-12-28/h3-10,15,18H,11-14,16-17H2,1-2H3,(H,27,30)/b23-15-. The number of para-hydroxylation sites is 2. The number of nitrogens with zero attached hydrogens (tertiary/aromatic N) is 2. The summed E-state index contributed by atoms with van der Waals surface area (Å²) in [6.45, 7) is 7.13. The van der Waals surface area contributed by atoms with Crippen LogP contribution in [-0.2, 0) is 14.3 Å². The van der Waals surface area contributed by atoms with Gasteiger partial charge in [0.2, 0.25) is 5.91 Å². The molecule has 3 amide bonds. The van der Waals surface area contributed by atoms with Crippen LogP contribution in [0.15, 0.2) is 53.4 Å². The van der Waals surface area contributed by atoms with E-state index < -0.39 is 17.1 Å². The fraction of sp³-hybridized carbons (Fsp3) is 0.346. The van der Waals surface area contributed by atoms with Gasteiger partial charge in [-0.1, -0.05) is 38.1 Å². The molecule has 1 N–H and O–H groups in total. The first-order valence-corrected chi connectivity index (χ1v) is 12.4. The zero-order valence-corrected chi connectivity index (χ0v) is 20.7. The number of nitrogens with one attached hydrogen (secondary N) is 1. The lowest BCUT2D eigenvalue weighted by molar-refractivity contribution is -0.127. The van der Waals surface area contributed by atoms with Crippen molar-refractivity contribution in [3.63, 3.8) is 0 Å². The largest absolute Gasteiger partial charge is 0.493 e. The van der Waals surface area contributed by atoms with Crippen LogP contribution in [0.25, 0.3) is 6.08 Å². The Morgan fingerprint density at radius 3 is 2.54 bits per heavy atom. The number of amides is 3. The molecule has 184 valence electrons. The molecule has 0 unspecified atom stereocenters. The smallest absolute Gasteiger partial charge is 0.294 e. The van der Waals surface area contributed by atoms with E-state index in [1.165, 1.54) is 0 Å². The second-order valence-corrected chi connectivity index (χ2v) is 9.70. The Morgan fingerprint density at radius 1 is 1.11 bits per heavy atom. The van der Waals surface area contributed by atoms with Crippen LogP contribution < -0.4 is 15.0 Å². The Balaban J connectivity index is 1.39. The molecule has 2 saturated heterocycles. The number of hydrogen-bond donors (Lipinski definition) is 1. The Bertz CT molecular complexity index is 1110. The van der Waals surface area contributed by atoms with E-state index in [1.54, 1.807) is 6.08 Å². The number of carbonyl (C=O) groups excluding carboxylic acids is 3. The summed E-state index contributed by atoms with van der Waals surface area (Å²) in [4.78, 5) is 41.5. The lowest BCUT2D eigenvalue weighted by Gasteiger charge is -2.30. The highest BCUT2D eigenvalue weighted by molar-refractivity contribution is 8.18. The van der Waals surface area contributed by atoms with E-state index in [9.17, 15) is 14.4 Å². The molecule has 35 heavy (non-hydrogen) atoms. The Kier molecular flexibility index (Phi) is 8.09. The van der Waals surface area contributed by atoms with Gasteiger partial charge in [0.15, 0.2) is 0 Å². The van der Waals surface area contributed by atoms with Gasteiger partial charge in [0.05, 0.1) is 36.1 Å². The first kappa shape index (κ1) is 24.8. The summed E-state index contributed by atoms with van der Waals surface area (Å²) >= 11 is 0.834. The maximum atomic E-state index is 12.9. The van der Waals surface area contributed by atoms with Crippen LogP contribution in [0.4, 0.5) is 16.2 Å². The normalized spacial score (nSPS) is 17.4. The minimum atomic E-state index is -0.475. The van der Waals surface area contributed by atoms with Crippen molar-refractivity contribution < 1.29 is 23.9 Å². The van der Waals surface area contributed by atoms with Crippen molar-refractivity contribution in [1.82, 2.24) is 4.90 Å². The molecule has 2 fully saturated rings. The van der Waals surface area contributed by atoms with E-state index in [4.69, 9.17) is 9.47 Å². The summed E-state index contributed by atoms with van der Waals surface area (Å²) in [6, 6.07) is 14.8. The third-order valence-corrected chi connectivity index (χ3v) is 6.37. The summed E-state index contributed by atoms with van der Waals surface area (Å²) in [5, 5.41) is 2.39. The molecular formula is C26H29N3O5S. The zero-order chi connectivity index (χ0) is 24.8. The van der Waals surface area contributed by atoms with Crippen molar-refractivity contribution in [2.24, 2.45) is 5.92 Å². The molecule has 8 nitrogen and oxygen atoms in total. The number of benzene rings is 2. The van der Waals surface area contributed by atoms with Gasteiger partial charge in [-0.2, -0.15) is 0 Å². The fourth-order valence-electron chi connectivity index (χ4n) is 3.70. The molecule has 9 heteroatoms. The number of rotatable bonds is 8. The van der Waals surface area contributed by atoms with Gasteiger partial charge in [0, 0.05) is 13.1 Å². The first-order chi connectivity index (χ1) is 16.9. The van der Waals surface area contributed by atoms with Gasteiger partial charge in [-0.25, -0.2) is 0 Å². The van der Waals surface area contributed by atoms with Crippen LogP contribution in [0, 0.1) is 5.92 Å². The molecule has 0 bridgehead atoms. The molecule has 2 aromatic carbocycles. The van der Waals surface area contributed by atoms with Gasteiger partial charge in [0.1, 0.15) is 12.3 Å². The van der Waals surface area contributed by atoms with E-state index in [0.717, 1.165) is 46.8 Å². The van der Waals surface area contributed by atoms with Crippen molar-refractivity contribution >= 4 is 46.3 Å². The third kappa shape index (κ3) is 6.43. The summed E-state index contributed by atoms with van der Waals surface area (Å²) in [5.41, 5.74) is 2.30.